The number of rotatable bonds is 6. The molecule has 0 aliphatic heterocycles. The number of benzene rings is 5. The summed E-state index contributed by atoms with van der Waals surface area (Å²) in [6.45, 7) is 0. The van der Waals surface area contributed by atoms with Crippen LogP contribution in [0.5, 0.6) is 0 Å². The molecule has 0 aromatic heterocycles. The van der Waals surface area contributed by atoms with Crippen LogP contribution in [-0.2, 0) is 5.41 Å². The molecule has 3 aliphatic carbocycles. The second kappa shape index (κ2) is 10.8. The van der Waals surface area contributed by atoms with E-state index in [1.165, 1.54) is 96.7 Å². The number of anilines is 3. The van der Waals surface area contributed by atoms with Crippen LogP contribution in [0.2, 0.25) is 0 Å². The van der Waals surface area contributed by atoms with Gasteiger partial charge in [-0.15, -0.1) is 0 Å². The molecule has 3 fully saturated rings. The molecule has 1 nitrogen and oxygen atoms in total. The van der Waals surface area contributed by atoms with Gasteiger partial charge < -0.3 is 4.90 Å². The zero-order chi connectivity index (χ0) is 27.9. The second-order valence-electron chi connectivity index (χ2n) is 13.3. The average Bonchev–Trinajstić information content (AvgIpc) is 3.71. The molecular weight excluding hydrogens is 506 g/mol. The normalized spacial score (nSPS) is 22.8. The Labute approximate surface area is 251 Å². The van der Waals surface area contributed by atoms with Crippen molar-refractivity contribution in [2.45, 2.75) is 69.1 Å². The molecule has 3 unspecified atom stereocenters. The molecule has 0 amide bonds. The molecule has 0 radical (unpaired) electrons. The molecule has 5 aromatic rings. The predicted octanol–water partition coefficient (Wildman–Crippen LogP) is 11.5. The summed E-state index contributed by atoms with van der Waals surface area (Å²) in [4.78, 5) is 2.46. The molecule has 3 atom stereocenters. The van der Waals surface area contributed by atoms with Crippen molar-refractivity contribution in [1.29, 1.82) is 0 Å². The summed E-state index contributed by atoms with van der Waals surface area (Å²) < 4.78 is 0. The quantitative estimate of drug-likeness (QED) is 0.204. The van der Waals surface area contributed by atoms with E-state index in [-0.39, 0.29) is 5.41 Å². The smallest absolute Gasteiger partial charge is 0.0468 e. The van der Waals surface area contributed by atoms with Crippen LogP contribution < -0.4 is 4.90 Å². The lowest BCUT2D eigenvalue weighted by Crippen LogP contribution is -2.30. The number of hydrogen-bond acceptors (Lipinski definition) is 1. The second-order valence-corrected chi connectivity index (χ2v) is 13.3. The first-order valence-corrected chi connectivity index (χ1v) is 16.3. The molecule has 5 aromatic carbocycles. The molecule has 210 valence electrons. The third-order valence-electron chi connectivity index (χ3n) is 11.0. The van der Waals surface area contributed by atoms with Gasteiger partial charge in [0.1, 0.15) is 0 Å². The first kappa shape index (κ1) is 25.8. The van der Waals surface area contributed by atoms with Crippen LogP contribution in [0.1, 0.15) is 80.4 Å². The molecule has 0 spiro atoms. The maximum absolute atomic E-state index is 2.46. The summed E-state index contributed by atoms with van der Waals surface area (Å²) >= 11 is 0. The van der Waals surface area contributed by atoms with Crippen molar-refractivity contribution < 1.29 is 0 Å². The van der Waals surface area contributed by atoms with E-state index in [1.54, 1.807) is 5.56 Å². The van der Waals surface area contributed by atoms with E-state index in [0.29, 0.717) is 0 Å². The van der Waals surface area contributed by atoms with Crippen molar-refractivity contribution in [3.8, 4) is 0 Å². The van der Waals surface area contributed by atoms with Crippen molar-refractivity contribution in [1.82, 2.24) is 0 Å². The highest BCUT2D eigenvalue weighted by atomic mass is 15.1. The first-order valence-electron chi connectivity index (χ1n) is 16.3. The molecule has 0 heterocycles. The minimum atomic E-state index is 0.119. The summed E-state index contributed by atoms with van der Waals surface area (Å²) in [5.74, 6) is 2.63. The highest BCUT2D eigenvalue weighted by Gasteiger charge is 2.40. The van der Waals surface area contributed by atoms with Gasteiger partial charge in [-0.1, -0.05) is 111 Å². The Morgan fingerprint density at radius 2 is 1.17 bits per heavy atom. The average molecular weight is 548 g/mol. The van der Waals surface area contributed by atoms with Gasteiger partial charge in [0.25, 0.3) is 0 Å². The van der Waals surface area contributed by atoms with Crippen molar-refractivity contribution in [2.75, 3.05) is 4.90 Å². The Morgan fingerprint density at radius 1 is 0.524 bits per heavy atom. The van der Waals surface area contributed by atoms with Gasteiger partial charge in [0.15, 0.2) is 0 Å². The van der Waals surface area contributed by atoms with Gasteiger partial charge in [0.2, 0.25) is 0 Å². The third-order valence-corrected chi connectivity index (χ3v) is 11.0. The fourth-order valence-corrected chi connectivity index (χ4v) is 8.87. The van der Waals surface area contributed by atoms with Crippen LogP contribution in [0.4, 0.5) is 17.1 Å². The van der Waals surface area contributed by atoms with Gasteiger partial charge >= 0.3 is 0 Å². The Morgan fingerprint density at radius 3 is 1.86 bits per heavy atom. The molecule has 2 bridgehead atoms. The van der Waals surface area contributed by atoms with Crippen molar-refractivity contribution in [2.24, 2.45) is 11.8 Å². The molecular formula is C41H41N. The van der Waals surface area contributed by atoms with Gasteiger partial charge in [-0.3, -0.25) is 0 Å². The summed E-state index contributed by atoms with van der Waals surface area (Å²) in [6, 6.07) is 46.0. The highest BCUT2D eigenvalue weighted by molar-refractivity contribution is 5.89. The van der Waals surface area contributed by atoms with Crippen molar-refractivity contribution in [3.05, 3.63) is 138 Å². The van der Waals surface area contributed by atoms with E-state index in [2.05, 4.69) is 126 Å². The molecule has 3 saturated carbocycles. The Balaban J connectivity index is 1.18. The fourth-order valence-electron chi connectivity index (χ4n) is 8.87. The number of hydrogen-bond donors (Lipinski definition) is 0. The first-order chi connectivity index (χ1) is 20.8. The minimum absolute atomic E-state index is 0.119. The monoisotopic (exact) mass is 547 g/mol. The zero-order valence-electron chi connectivity index (χ0n) is 24.6. The van der Waals surface area contributed by atoms with Crippen LogP contribution in [-0.4, -0.2) is 0 Å². The minimum Gasteiger partial charge on any atom is -0.310 e. The van der Waals surface area contributed by atoms with Crippen molar-refractivity contribution >= 4 is 27.8 Å². The molecule has 1 heteroatoms. The van der Waals surface area contributed by atoms with E-state index in [0.717, 1.165) is 17.8 Å². The lowest BCUT2D eigenvalue weighted by atomic mass is 9.65. The van der Waals surface area contributed by atoms with E-state index in [4.69, 9.17) is 0 Å². The van der Waals surface area contributed by atoms with Crippen molar-refractivity contribution in [3.63, 3.8) is 0 Å². The summed E-state index contributed by atoms with van der Waals surface area (Å²) in [6.07, 6.45) is 12.1. The summed E-state index contributed by atoms with van der Waals surface area (Å²) in [5, 5.41) is 2.56. The third kappa shape index (κ3) is 4.55. The maximum atomic E-state index is 2.46. The Kier molecular flexibility index (Phi) is 6.63. The standard InChI is InChI=1S/C41H41N/c1-3-11-35(12-4-1)41(25-7-2-8-26-41)36-18-23-38(24-19-36)42(39-22-15-31-9-5-6-10-33(31)29-39)37-20-16-32(17-21-37)40-28-30-13-14-34(40)27-30/h1,3-6,9-12,15-24,29-30,34,40H,2,7-8,13-14,25-28H2. The van der Waals surface area contributed by atoms with Gasteiger partial charge in [-0.25, -0.2) is 0 Å². The van der Waals surface area contributed by atoms with Crippen LogP contribution in [0, 0.1) is 11.8 Å². The largest absolute Gasteiger partial charge is 0.310 e. The van der Waals surface area contributed by atoms with Crippen LogP contribution in [0.15, 0.2) is 121 Å². The van der Waals surface area contributed by atoms with Gasteiger partial charge in [0.05, 0.1) is 0 Å². The molecule has 3 aliphatic rings. The molecule has 0 saturated heterocycles. The molecule has 42 heavy (non-hydrogen) atoms. The zero-order valence-corrected chi connectivity index (χ0v) is 24.6. The lowest BCUT2D eigenvalue weighted by Gasteiger charge is -2.39. The topological polar surface area (TPSA) is 3.24 Å². The van der Waals surface area contributed by atoms with Crippen LogP contribution in [0.25, 0.3) is 10.8 Å². The maximum Gasteiger partial charge on any atom is 0.0468 e. The Hall–Kier alpha value is -3.84. The van der Waals surface area contributed by atoms with Gasteiger partial charge in [-0.2, -0.15) is 0 Å². The summed E-state index contributed by atoms with van der Waals surface area (Å²) in [7, 11) is 0. The van der Waals surface area contributed by atoms with E-state index in [1.807, 2.05) is 0 Å². The Bertz CT molecular complexity index is 1660. The predicted molar refractivity (Wildman–Crippen MR) is 177 cm³/mol. The van der Waals surface area contributed by atoms with E-state index < -0.39 is 0 Å². The fraction of sp³-hybridized carbons (Fsp3) is 0.317. The van der Waals surface area contributed by atoms with Crippen LogP contribution >= 0.6 is 0 Å². The lowest BCUT2D eigenvalue weighted by molar-refractivity contribution is 0.346. The van der Waals surface area contributed by atoms with E-state index >= 15 is 0 Å². The van der Waals surface area contributed by atoms with E-state index in [9.17, 15) is 0 Å². The van der Waals surface area contributed by atoms with Crippen LogP contribution in [0.3, 0.4) is 0 Å². The molecule has 8 rings (SSSR count). The SMILES string of the molecule is c1ccc(C2(c3ccc(N(c4ccc(C5CC6CCC5C6)cc4)c4ccc5ccccc5c4)cc3)CCCCC2)cc1. The number of fused-ring (bicyclic) bond motifs is 3. The van der Waals surface area contributed by atoms with Gasteiger partial charge in [-0.05, 0) is 114 Å². The molecule has 0 N–H and O–H groups in total. The highest BCUT2D eigenvalue weighted by Crippen LogP contribution is 2.53. The number of nitrogens with zero attached hydrogens (tertiary/aromatic N) is 1. The van der Waals surface area contributed by atoms with Gasteiger partial charge in [0, 0.05) is 22.5 Å². The summed E-state index contributed by atoms with van der Waals surface area (Å²) in [5.41, 5.74) is 8.27.